The molecule has 0 spiro atoms. The molecule has 1 amide bonds. The second-order valence-corrected chi connectivity index (χ2v) is 7.32. The minimum Gasteiger partial charge on any atom is -0.493 e. The molecule has 29 heavy (non-hydrogen) atoms. The fourth-order valence-corrected chi connectivity index (χ4v) is 3.72. The summed E-state index contributed by atoms with van der Waals surface area (Å²) in [7, 11) is 3.35. The average Bonchev–Trinajstić information content (AvgIpc) is 3.02. The highest BCUT2D eigenvalue weighted by atomic mass is 19.1. The van der Waals surface area contributed by atoms with Gasteiger partial charge >= 0.3 is 0 Å². The molecule has 7 nitrogen and oxygen atoms in total. The van der Waals surface area contributed by atoms with Crippen molar-refractivity contribution in [3.05, 3.63) is 58.8 Å². The largest absolute Gasteiger partial charge is 0.493 e. The fraction of sp³-hybridized carbons (Fsp3) is 0.333. The molecule has 152 valence electrons. The predicted molar refractivity (Wildman–Crippen MR) is 107 cm³/mol. The molecule has 2 aromatic heterocycles. The number of aromatic nitrogens is 2. The molecule has 0 fully saturated rings. The maximum absolute atomic E-state index is 14.5. The number of anilines is 1. The minimum atomic E-state index is -0.341. The molecule has 0 saturated heterocycles. The zero-order chi connectivity index (χ0) is 20.7. The number of hydrogen-bond acceptors (Lipinski definition) is 5. The molecule has 4 rings (SSSR count). The Hall–Kier alpha value is -3.13. The summed E-state index contributed by atoms with van der Waals surface area (Å²) >= 11 is 0. The van der Waals surface area contributed by atoms with Gasteiger partial charge in [0, 0.05) is 26.7 Å². The molecule has 3 heterocycles. The van der Waals surface area contributed by atoms with Crippen LogP contribution in [0.2, 0.25) is 0 Å². The summed E-state index contributed by atoms with van der Waals surface area (Å²) in [6.45, 7) is 2.05. The number of fused-ring (bicyclic) bond motifs is 2. The summed E-state index contributed by atoms with van der Waals surface area (Å²) in [5.41, 5.74) is 3.36. The highest BCUT2D eigenvalue weighted by Crippen LogP contribution is 2.37. The van der Waals surface area contributed by atoms with Gasteiger partial charge < -0.3 is 20.1 Å². The van der Waals surface area contributed by atoms with E-state index in [2.05, 4.69) is 10.3 Å². The molecule has 1 aliphatic rings. The van der Waals surface area contributed by atoms with Crippen LogP contribution in [0.1, 0.15) is 39.8 Å². The molecule has 1 atom stereocenters. The van der Waals surface area contributed by atoms with Crippen LogP contribution >= 0.6 is 0 Å². The van der Waals surface area contributed by atoms with Gasteiger partial charge in [0.05, 0.1) is 47.5 Å². The van der Waals surface area contributed by atoms with Gasteiger partial charge in [-0.25, -0.2) is 9.37 Å². The average molecular weight is 398 g/mol. The number of halogens is 1. The van der Waals surface area contributed by atoms with Gasteiger partial charge in [-0.1, -0.05) is 6.07 Å². The maximum Gasteiger partial charge on any atom is 0.254 e. The second kappa shape index (κ2) is 7.36. The Balaban J connectivity index is 1.85. The lowest BCUT2D eigenvalue weighted by molar-refractivity contribution is 0.0827. The first-order valence-electron chi connectivity index (χ1n) is 9.42. The van der Waals surface area contributed by atoms with Gasteiger partial charge in [-0.05, 0) is 25.1 Å². The number of imidazole rings is 1. The summed E-state index contributed by atoms with van der Waals surface area (Å²) in [5.74, 6) is -0.00331. The van der Waals surface area contributed by atoms with Gasteiger partial charge in [0.2, 0.25) is 0 Å². The van der Waals surface area contributed by atoms with Gasteiger partial charge in [0.25, 0.3) is 5.91 Å². The van der Waals surface area contributed by atoms with Crippen molar-refractivity contribution < 1.29 is 19.0 Å². The number of amides is 1. The third kappa shape index (κ3) is 3.29. The Morgan fingerprint density at radius 1 is 1.45 bits per heavy atom. The number of aryl methyl sites for hydroxylation is 1. The molecule has 0 radical (unpaired) electrons. The van der Waals surface area contributed by atoms with Crippen LogP contribution in [0.15, 0.2) is 30.5 Å². The zero-order valence-electron chi connectivity index (χ0n) is 16.6. The van der Waals surface area contributed by atoms with E-state index in [0.29, 0.717) is 52.6 Å². The monoisotopic (exact) mass is 398 g/mol. The number of aliphatic hydroxyl groups excluding tert-OH is 1. The number of hydrogen-bond donors (Lipinski definition) is 2. The first kappa shape index (κ1) is 19.2. The van der Waals surface area contributed by atoms with E-state index in [1.807, 2.05) is 0 Å². The Morgan fingerprint density at radius 2 is 2.24 bits per heavy atom. The molecule has 8 heteroatoms. The van der Waals surface area contributed by atoms with Gasteiger partial charge in [0.15, 0.2) is 5.65 Å². The van der Waals surface area contributed by atoms with E-state index >= 15 is 0 Å². The zero-order valence-corrected chi connectivity index (χ0v) is 16.6. The van der Waals surface area contributed by atoms with Gasteiger partial charge in [-0.2, -0.15) is 0 Å². The molecule has 3 aromatic rings. The van der Waals surface area contributed by atoms with Crippen molar-refractivity contribution >= 4 is 17.2 Å². The molecule has 1 unspecified atom stereocenters. The molecular formula is C21H23FN4O3. The SMILES string of the molecule is Cc1nc2c(NC3CCOc4cccc(F)c43)cc(C(=O)N(C)C)cn2c1CO. The van der Waals surface area contributed by atoms with Crippen molar-refractivity contribution in [3.63, 3.8) is 0 Å². The van der Waals surface area contributed by atoms with E-state index in [-0.39, 0.29) is 24.4 Å². The van der Waals surface area contributed by atoms with E-state index in [0.717, 1.165) is 0 Å². The van der Waals surface area contributed by atoms with Gasteiger partial charge in [0.1, 0.15) is 11.6 Å². The summed E-state index contributed by atoms with van der Waals surface area (Å²) in [6, 6.07) is 6.17. The lowest BCUT2D eigenvalue weighted by Crippen LogP contribution is -2.24. The van der Waals surface area contributed by atoms with Crippen molar-refractivity contribution in [2.24, 2.45) is 0 Å². The van der Waals surface area contributed by atoms with Crippen LogP contribution < -0.4 is 10.1 Å². The summed E-state index contributed by atoms with van der Waals surface area (Å²) in [6.07, 6.45) is 2.24. The third-order valence-corrected chi connectivity index (χ3v) is 5.18. The molecule has 0 saturated carbocycles. The number of pyridine rings is 1. The molecule has 1 aliphatic heterocycles. The van der Waals surface area contributed by atoms with Crippen molar-refractivity contribution in [3.8, 4) is 5.75 Å². The predicted octanol–water partition coefficient (Wildman–Crippen LogP) is 2.91. The Labute approximate surface area is 167 Å². The third-order valence-electron chi connectivity index (χ3n) is 5.18. The van der Waals surface area contributed by atoms with Crippen molar-refractivity contribution in [2.45, 2.75) is 26.0 Å². The summed E-state index contributed by atoms with van der Waals surface area (Å²) in [4.78, 5) is 18.7. The van der Waals surface area contributed by atoms with Crippen molar-refractivity contribution in [1.29, 1.82) is 0 Å². The maximum atomic E-state index is 14.5. The number of rotatable bonds is 4. The van der Waals surface area contributed by atoms with E-state index in [1.165, 1.54) is 11.0 Å². The van der Waals surface area contributed by atoms with E-state index in [1.54, 1.807) is 49.8 Å². The van der Waals surface area contributed by atoms with Crippen molar-refractivity contribution in [1.82, 2.24) is 14.3 Å². The highest BCUT2D eigenvalue weighted by Gasteiger charge is 2.26. The van der Waals surface area contributed by atoms with Crippen LogP contribution in [0.3, 0.4) is 0 Å². The van der Waals surface area contributed by atoms with Crippen molar-refractivity contribution in [2.75, 3.05) is 26.0 Å². The highest BCUT2D eigenvalue weighted by molar-refractivity contribution is 5.95. The number of nitrogens with one attached hydrogen (secondary N) is 1. The first-order chi connectivity index (χ1) is 13.9. The van der Waals surface area contributed by atoms with Crippen LogP contribution in [-0.2, 0) is 6.61 Å². The number of ether oxygens (including phenoxy) is 1. The van der Waals surface area contributed by atoms with Gasteiger partial charge in [-0.3, -0.25) is 9.20 Å². The Kier molecular flexibility index (Phi) is 4.87. The first-order valence-corrected chi connectivity index (χ1v) is 9.42. The van der Waals surface area contributed by atoms with Crippen LogP contribution in [-0.4, -0.2) is 46.0 Å². The summed E-state index contributed by atoms with van der Waals surface area (Å²) in [5, 5.41) is 13.1. The number of aliphatic hydroxyl groups is 1. The van der Waals surface area contributed by atoms with E-state index in [4.69, 9.17) is 4.74 Å². The lowest BCUT2D eigenvalue weighted by Gasteiger charge is -2.28. The number of nitrogens with zero attached hydrogens (tertiary/aromatic N) is 3. The van der Waals surface area contributed by atoms with Crippen LogP contribution in [0, 0.1) is 12.7 Å². The van der Waals surface area contributed by atoms with E-state index in [9.17, 15) is 14.3 Å². The van der Waals surface area contributed by atoms with Crippen LogP contribution in [0.4, 0.5) is 10.1 Å². The standard InChI is InChI=1S/C21H23FN4O3/c1-12-17(11-27)26-10-13(21(28)25(2)3)9-16(20(26)23-12)24-15-7-8-29-18-6-4-5-14(22)19(15)18/h4-6,9-10,15,24,27H,7-8,11H2,1-3H3. The molecular weight excluding hydrogens is 375 g/mol. The smallest absolute Gasteiger partial charge is 0.254 e. The molecule has 0 aliphatic carbocycles. The fourth-order valence-electron chi connectivity index (χ4n) is 3.72. The molecule has 2 N–H and O–H groups in total. The lowest BCUT2D eigenvalue weighted by atomic mass is 9.99. The number of carbonyl (C=O) groups is 1. The Morgan fingerprint density at radius 3 is 2.97 bits per heavy atom. The van der Waals surface area contributed by atoms with Gasteiger partial charge in [-0.15, -0.1) is 0 Å². The normalized spacial score (nSPS) is 15.7. The Bertz CT molecular complexity index is 1090. The summed E-state index contributed by atoms with van der Waals surface area (Å²) < 4.78 is 21.9. The van der Waals surface area contributed by atoms with E-state index < -0.39 is 0 Å². The van der Waals surface area contributed by atoms with Crippen LogP contribution in [0.5, 0.6) is 5.75 Å². The molecule has 0 bridgehead atoms. The minimum absolute atomic E-state index is 0.177. The quantitative estimate of drug-likeness (QED) is 0.707. The topological polar surface area (TPSA) is 79.1 Å². The van der Waals surface area contributed by atoms with Crippen LogP contribution in [0.25, 0.3) is 5.65 Å². The number of benzene rings is 1. The molecule has 1 aromatic carbocycles. The number of carbonyl (C=O) groups excluding carboxylic acids is 1. The second-order valence-electron chi connectivity index (χ2n) is 7.32.